The van der Waals surface area contributed by atoms with Gasteiger partial charge in [-0.1, -0.05) is 49.2 Å². The lowest BCUT2D eigenvalue weighted by Crippen LogP contribution is -2.54. The SMILES string of the molecule is CC(C)c1ncnc(Cl)c1-n1c(=O)nc(N2CCN(C(=O)O)C[C@@H]2C)c2cc(Cl)c(-c3ccccc3F)nc21. The van der Waals surface area contributed by atoms with E-state index in [0.717, 1.165) is 0 Å². The number of rotatable bonds is 4. The van der Waals surface area contributed by atoms with E-state index in [1.165, 1.54) is 21.9 Å². The normalized spacial score (nSPS) is 15.8. The van der Waals surface area contributed by atoms with Crippen LogP contribution in [0.15, 0.2) is 41.5 Å². The summed E-state index contributed by atoms with van der Waals surface area (Å²) in [5.41, 5.74) is 0.458. The van der Waals surface area contributed by atoms with Crippen molar-refractivity contribution in [2.45, 2.75) is 32.7 Å². The van der Waals surface area contributed by atoms with E-state index in [2.05, 4.69) is 15.0 Å². The molecule has 202 valence electrons. The molecule has 1 N–H and O–H groups in total. The highest BCUT2D eigenvalue weighted by molar-refractivity contribution is 6.34. The van der Waals surface area contributed by atoms with Crippen LogP contribution in [0.5, 0.6) is 0 Å². The predicted octanol–water partition coefficient (Wildman–Crippen LogP) is 5.00. The molecule has 1 saturated heterocycles. The standard InChI is InChI=1S/C26H24Cl2FN7O3/c1-13(2)19-21(22(28)31-12-30-19)36-24-16(10-17(27)20(32-24)15-6-4-5-7-18(15)29)23(33-25(36)37)35-9-8-34(26(38)39)11-14(35)3/h4-7,10,12-14H,8-9,11H2,1-3H3,(H,38,39)/t14-/m0/s1. The molecule has 5 rings (SSSR count). The number of hydrogen-bond acceptors (Lipinski definition) is 7. The zero-order chi connectivity index (χ0) is 28.0. The van der Waals surface area contributed by atoms with Crippen molar-refractivity contribution in [2.24, 2.45) is 0 Å². The van der Waals surface area contributed by atoms with E-state index < -0.39 is 17.6 Å². The molecule has 1 amide bonds. The molecule has 1 aliphatic rings. The van der Waals surface area contributed by atoms with Crippen LogP contribution in [-0.4, -0.2) is 66.3 Å². The van der Waals surface area contributed by atoms with E-state index in [-0.39, 0.29) is 70.2 Å². The first kappa shape index (κ1) is 26.8. The Kier molecular flexibility index (Phi) is 7.13. The lowest BCUT2D eigenvalue weighted by molar-refractivity contribution is 0.136. The number of nitrogens with zero attached hydrogens (tertiary/aromatic N) is 7. The first-order chi connectivity index (χ1) is 18.6. The van der Waals surface area contributed by atoms with Gasteiger partial charge in [-0.25, -0.2) is 33.5 Å². The quantitative estimate of drug-likeness (QED) is 0.340. The maximum atomic E-state index is 14.8. The summed E-state index contributed by atoms with van der Waals surface area (Å²) in [5.74, 6) is -0.376. The molecule has 1 aromatic carbocycles. The van der Waals surface area contributed by atoms with E-state index >= 15 is 0 Å². The van der Waals surface area contributed by atoms with E-state index in [0.29, 0.717) is 11.1 Å². The maximum Gasteiger partial charge on any atom is 0.407 e. The third-order valence-electron chi connectivity index (χ3n) is 6.68. The third kappa shape index (κ3) is 4.76. The number of aromatic nitrogens is 5. The van der Waals surface area contributed by atoms with E-state index in [4.69, 9.17) is 28.2 Å². The molecule has 4 heterocycles. The van der Waals surface area contributed by atoms with Crippen LogP contribution in [0.25, 0.3) is 28.0 Å². The van der Waals surface area contributed by atoms with Gasteiger partial charge in [0.2, 0.25) is 0 Å². The zero-order valence-corrected chi connectivity index (χ0v) is 22.8. The largest absolute Gasteiger partial charge is 0.465 e. The zero-order valence-electron chi connectivity index (χ0n) is 21.3. The number of pyridine rings is 1. The highest BCUT2D eigenvalue weighted by Gasteiger charge is 2.31. The average molecular weight is 572 g/mol. The molecule has 0 saturated carbocycles. The van der Waals surface area contributed by atoms with Crippen molar-refractivity contribution in [1.29, 1.82) is 0 Å². The van der Waals surface area contributed by atoms with E-state index in [1.54, 1.807) is 24.3 Å². The second kappa shape index (κ2) is 10.4. The number of benzene rings is 1. The van der Waals surface area contributed by atoms with Gasteiger partial charge in [-0.2, -0.15) is 4.98 Å². The van der Waals surface area contributed by atoms with Gasteiger partial charge >= 0.3 is 11.8 Å². The van der Waals surface area contributed by atoms with Crippen LogP contribution in [0.4, 0.5) is 15.0 Å². The minimum absolute atomic E-state index is 0.0271. The number of carboxylic acid groups (broad SMARTS) is 1. The molecular weight excluding hydrogens is 548 g/mol. The molecule has 10 nitrogen and oxygen atoms in total. The molecule has 1 aliphatic heterocycles. The molecule has 3 aromatic heterocycles. The maximum absolute atomic E-state index is 14.8. The summed E-state index contributed by atoms with van der Waals surface area (Å²) in [4.78, 5) is 46.0. The van der Waals surface area contributed by atoms with Crippen molar-refractivity contribution >= 4 is 46.1 Å². The van der Waals surface area contributed by atoms with Crippen LogP contribution >= 0.6 is 23.2 Å². The number of anilines is 1. The second-order valence-corrected chi connectivity index (χ2v) is 10.3. The van der Waals surface area contributed by atoms with Crippen LogP contribution in [-0.2, 0) is 0 Å². The van der Waals surface area contributed by atoms with Crippen LogP contribution in [0, 0.1) is 5.82 Å². The van der Waals surface area contributed by atoms with Gasteiger partial charge in [0.1, 0.15) is 23.6 Å². The van der Waals surface area contributed by atoms with Crippen molar-refractivity contribution in [3.8, 4) is 16.9 Å². The molecule has 0 unspecified atom stereocenters. The predicted molar refractivity (Wildman–Crippen MR) is 147 cm³/mol. The summed E-state index contributed by atoms with van der Waals surface area (Å²) in [6.45, 7) is 6.36. The fourth-order valence-electron chi connectivity index (χ4n) is 4.81. The molecule has 4 aromatic rings. The summed E-state index contributed by atoms with van der Waals surface area (Å²) < 4.78 is 16.1. The summed E-state index contributed by atoms with van der Waals surface area (Å²) in [6, 6.07) is 7.35. The van der Waals surface area contributed by atoms with Crippen LogP contribution in [0.2, 0.25) is 10.2 Å². The molecule has 0 bridgehead atoms. The lowest BCUT2D eigenvalue weighted by atomic mass is 10.1. The number of piperazine rings is 1. The van der Waals surface area contributed by atoms with E-state index in [1.807, 2.05) is 25.7 Å². The minimum atomic E-state index is -1.02. The minimum Gasteiger partial charge on any atom is -0.465 e. The number of halogens is 3. The second-order valence-electron chi connectivity index (χ2n) is 9.55. The number of fused-ring (bicyclic) bond motifs is 1. The molecule has 39 heavy (non-hydrogen) atoms. The Bertz CT molecular complexity index is 1660. The summed E-state index contributed by atoms with van der Waals surface area (Å²) in [6.07, 6.45) is 0.295. The van der Waals surface area contributed by atoms with Gasteiger partial charge in [0, 0.05) is 31.2 Å². The van der Waals surface area contributed by atoms with Gasteiger partial charge in [0.05, 0.1) is 21.8 Å². The van der Waals surface area contributed by atoms with Crippen LogP contribution in [0.3, 0.4) is 0 Å². The molecular formula is C26H24Cl2FN7O3. The Morgan fingerprint density at radius 2 is 1.90 bits per heavy atom. The van der Waals surface area contributed by atoms with Gasteiger partial charge in [0.25, 0.3) is 0 Å². The van der Waals surface area contributed by atoms with Crippen molar-refractivity contribution < 1.29 is 14.3 Å². The van der Waals surface area contributed by atoms with Crippen LogP contribution < -0.4 is 10.6 Å². The van der Waals surface area contributed by atoms with Gasteiger partial charge in [0.15, 0.2) is 10.8 Å². The van der Waals surface area contributed by atoms with Gasteiger partial charge < -0.3 is 14.9 Å². The van der Waals surface area contributed by atoms with Crippen molar-refractivity contribution in [3.05, 3.63) is 68.8 Å². The highest BCUT2D eigenvalue weighted by atomic mass is 35.5. The Morgan fingerprint density at radius 3 is 2.56 bits per heavy atom. The fourth-order valence-corrected chi connectivity index (χ4v) is 5.29. The van der Waals surface area contributed by atoms with Crippen LogP contribution in [0.1, 0.15) is 32.4 Å². The lowest BCUT2D eigenvalue weighted by Gasteiger charge is -2.39. The average Bonchev–Trinajstić information content (AvgIpc) is 2.89. The summed E-state index contributed by atoms with van der Waals surface area (Å²) in [7, 11) is 0. The Morgan fingerprint density at radius 1 is 1.15 bits per heavy atom. The first-order valence-electron chi connectivity index (χ1n) is 12.2. The molecule has 0 radical (unpaired) electrons. The third-order valence-corrected chi connectivity index (χ3v) is 7.24. The van der Waals surface area contributed by atoms with Crippen molar-refractivity contribution in [3.63, 3.8) is 0 Å². The molecule has 13 heteroatoms. The number of carbonyl (C=O) groups is 1. The number of amides is 1. The summed E-state index contributed by atoms with van der Waals surface area (Å²) >= 11 is 13.2. The van der Waals surface area contributed by atoms with E-state index in [9.17, 15) is 19.1 Å². The fraction of sp³-hybridized carbons (Fsp3) is 0.308. The molecule has 0 aliphatic carbocycles. The topological polar surface area (TPSA) is 117 Å². The van der Waals surface area contributed by atoms with Crippen molar-refractivity contribution in [2.75, 3.05) is 24.5 Å². The van der Waals surface area contributed by atoms with Gasteiger partial charge in [-0.3, -0.25) is 0 Å². The number of hydrogen-bond donors (Lipinski definition) is 1. The highest BCUT2D eigenvalue weighted by Crippen LogP contribution is 2.36. The first-order valence-corrected chi connectivity index (χ1v) is 13.0. The summed E-state index contributed by atoms with van der Waals surface area (Å²) in [5, 5.41) is 10.0. The van der Waals surface area contributed by atoms with Gasteiger partial charge in [-0.15, -0.1) is 0 Å². The smallest absolute Gasteiger partial charge is 0.407 e. The Hall–Kier alpha value is -3.83. The Labute approximate surface area is 232 Å². The Balaban J connectivity index is 1.84. The van der Waals surface area contributed by atoms with Crippen molar-refractivity contribution in [1.82, 2.24) is 29.4 Å². The monoisotopic (exact) mass is 571 g/mol. The molecule has 0 spiro atoms. The molecule has 1 fully saturated rings. The van der Waals surface area contributed by atoms with Gasteiger partial charge in [-0.05, 0) is 31.0 Å². The molecule has 1 atom stereocenters.